The van der Waals surface area contributed by atoms with Crippen LogP contribution in [0.1, 0.15) is 91.5 Å². The Hall–Kier alpha value is -0.747. The first kappa shape index (κ1) is 32.5. The van der Waals surface area contributed by atoms with Crippen LogP contribution in [0.15, 0.2) is 51.3 Å². The molecule has 0 saturated heterocycles. The molecule has 2 aliphatic carbocycles. The van der Waals surface area contributed by atoms with Crippen molar-refractivity contribution < 1.29 is 18.3 Å². The zero-order valence-electron chi connectivity index (χ0n) is 25.3. The Bertz CT molecular complexity index is 1340. The molecule has 0 amide bonds. The summed E-state index contributed by atoms with van der Waals surface area (Å²) in [7, 11) is 0. The van der Waals surface area contributed by atoms with Crippen molar-refractivity contribution in [3.63, 3.8) is 0 Å². The molecule has 2 aromatic rings. The van der Waals surface area contributed by atoms with E-state index in [9.17, 15) is 0 Å². The monoisotopic (exact) mass is 618 g/mol. The van der Waals surface area contributed by atoms with Crippen LogP contribution in [0, 0.1) is 11.3 Å². The maximum absolute atomic E-state index is 5.25. The molecule has 1 atom stereocenters. The maximum atomic E-state index is 5.25. The van der Waals surface area contributed by atoms with Crippen LogP contribution in [0.5, 0.6) is 0 Å². The van der Waals surface area contributed by atoms with Gasteiger partial charge >= 0.3 is 218 Å². The Kier molecular flexibility index (Phi) is 8.52. The summed E-state index contributed by atoms with van der Waals surface area (Å²) < 4.78 is 13.6. The summed E-state index contributed by atoms with van der Waals surface area (Å²) in [4.78, 5) is 0. The zero-order chi connectivity index (χ0) is 26.4. The fourth-order valence-electron chi connectivity index (χ4n) is 6.18. The molecule has 0 aromatic heterocycles. The zero-order valence-corrected chi connectivity index (χ0v) is 29.4. The van der Waals surface area contributed by atoms with Crippen LogP contribution in [-0.4, -0.2) is 4.21 Å². The molecule has 0 spiro atoms. The summed E-state index contributed by atoms with van der Waals surface area (Å²) >= 11 is -3.77. The number of allylic oxidation sites excluding steroid dienone is 4. The van der Waals surface area contributed by atoms with Gasteiger partial charge in [0, 0.05) is 0 Å². The van der Waals surface area contributed by atoms with Crippen molar-refractivity contribution in [1.29, 1.82) is 0 Å². The van der Waals surface area contributed by atoms with Crippen LogP contribution < -0.4 is 3.27 Å². The van der Waals surface area contributed by atoms with Gasteiger partial charge in [-0.15, -0.1) is 24.8 Å². The van der Waals surface area contributed by atoms with E-state index in [0.29, 0.717) is 5.92 Å². The number of benzene rings is 2. The van der Waals surface area contributed by atoms with E-state index in [2.05, 4.69) is 121 Å². The van der Waals surface area contributed by atoms with Gasteiger partial charge in [0.05, 0.1) is 0 Å². The molecule has 0 N–H and O–H groups in total. The third-order valence-electron chi connectivity index (χ3n) is 8.64. The standard InChI is InChI=1S/C21H25.C10H15.2CH3.CH2.2ClH.Zr/c1-20(2,3)16-9-7-14-11-15-8-10-17(21(4,5)6)13-19(15)18(14)12-16;1-8-5-6-9(7-8)10(2,3)4;;;;;;/h7,9-10,12-13H,11H2,1-6H3;6-8H,1-4H3;2*1H3;1H2;2*1H;. The van der Waals surface area contributed by atoms with Gasteiger partial charge in [0.1, 0.15) is 0 Å². The SMILES string of the molecule is Cl.Cl.[CH2]=[Zr]([CH3])([CH3])([C]1=CC(C(C)(C)C)=CC1C)[c]1cc(C(C)(C)C)cc2c1Cc1ccc(C(C)(C)C)cc1-2. The van der Waals surface area contributed by atoms with Gasteiger partial charge in [0.15, 0.2) is 0 Å². The summed E-state index contributed by atoms with van der Waals surface area (Å²) in [5.74, 6) is 0.465. The number of fused-ring (bicyclic) bond motifs is 3. The second-order valence-electron chi connectivity index (χ2n) is 15.5. The minimum absolute atomic E-state index is 0. The molecular weight excluding hydrogens is 571 g/mol. The second kappa shape index (κ2) is 9.71. The Morgan fingerprint density at radius 1 is 0.757 bits per heavy atom. The normalized spacial score (nSPS) is 17.8. The van der Waals surface area contributed by atoms with E-state index in [1.165, 1.54) is 33.4 Å². The van der Waals surface area contributed by atoms with Gasteiger partial charge in [-0.2, -0.15) is 0 Å². The predicted octanol–water partition coefficient (Wildman–Crippen LogP) is 10.0. The van der Waals surface area contributed by atoms with Gasteiger partial charge < -0.3 is 0 Å². The van der Waals surface area contributed by atoms with E-state index in [-0.39, 0.29) is 41.1 Å². The van der Waals surface area contributed by atoms with E-state index in [0.717, 1.165) is 6.42 Å². The quantitative estimate of drug-likeness (QED) is 0.267. The molecule has 0 aliphatic heterocycles. The van der Waals surface area contributed by atoms with Crippen molar-refractivity contribution in [2.45, 2.75) is 95.8 Å². The Balaban J connectivity index is 0.00000241. The first-order valence-electron chi connectivity index (χ1n) is 13.5. The molecule has 37 heavy (non-hydrogen) atoms. The third-order valence-corrected chi connectivity index (χ3v) is 20.0. The van der Waals surface area contributed by atoms with E-state index in [1.807, 2.05) is 0 Å². The summed E-state index contributed by atoms with van der Waals surface area (Å²) in [6.45, 7) is 23.4. The number of hydrogen-bond acceptors (Lipinski definition) is 0. The van der Waals surface area contributed by atoms with Crippen LogP contribution in [0.2, 0.25) is 9.26 Å². The molecule has 0 radical (unpaired) electrons. The molecule has 2 aliphatic rings. The summed E-state index contributed by atoms with van der Waals surface area (Å²) in [6.07, 6.45) is 6.11. The summed E-state index contributed by atoms with van der Waals surface area (Å²) in [6, 6.07) is 12.3. The van der Waals surface area contributed by atoms with Crippen molar-refractivity contribution >= 4 is 32.3 Å². The molecule has 0 saturated carbocycles. The topological polar surface area (TPSA) is 0 Å². The van der Waals surface area contributed by atoms with Crippen molar-refractivity contribution in [2.75, 3.05) is 0 Å². The predicted molar refractivity (Wildman–Crippen MR) is 170 cm³/mol. The molecular formula is C34H50Cl2Zr. The summed E-state index contributed by atoms with van der Waals surface area (Å²) in [5.41, 5.74) is 10.7. The van der Waals surface area contributed by atoms with Crippen LogP contribution in [0.25, 0.3) is 11.1 Å². The molecule has 2 aromatic carbocycles. The fraction of sp³-hybridized carbons (Fsp3) is 0.500. The van der Waals surface area contributed by atoms with Gasteiger partial charge in [0.2, 0.25) is 0 Å². The number of hydrogen-bond donors (Lipinski definition) is 0. The molecule has 1 unspecified atom stereocenters. The van der Waals surface area contributed by atoms with Crippen molar-refractivity contribution in [1.82, 2.24) is 0 Å². The molecule has 4 rings (SSSR count). The average molecular weight is 621 g/mol. The van der Waals surface area contributed by atoms with E-state index < -0.39 is 18.3 Å². The molecule has 204 valence electrons. The van der Waals surface area contributed by atoms with Crippen molar-refractivity contribution in [2.24, 2.45) is 11.3 Å². The van der Waals surface area contributed by atoms with Crippen LogP contribution >= 0.6 is 24.8 Å². The molecule has 0 bridgehead atoms. The third kappa shape index (κ3) is 5.76. The van der Waals surface area contributed by atoms with Crippen LogP contribution in [0.4, 0.5) is 0 Å². The van der Waals surface area contributed by atoms with Gasteiger partial charge in [-0.05, 0) is 0 Å². The molecule has 0 fully saturated rings. The summed E-state index contributed by atoms with van der Waals surface area (Å²) in [5, 5.41) is 0. The van der Waals surface area contributed by atoms with Crippen LogP contribution in [0.3, 0.4) is 0 Å². The second-order valence-corrected chi connectivity index (χ2v) is 31.5. The van der Waals surface area contributed by atoms with Gasteiger partial charge in [0.25, 0.3) is 0 Å². The van der Waals surface area contributed by atoms with E-state index in [1.54, 1.807) is 12.1 Å². The molecule has 3 heteroatoms. The van der Waals surface area contributed by atoms with Gasteiger partial charge in [-0.1, -0.05) is 0 Å². The van der Waals surface area contributed by atoms with Crippen molar-refractivity contribution in [3.8, 4) is 11.1 Å². The van der Waals surface area contributed by atoms with Crippen LogP contribution in [-0.2, 0) is 35.5 Å². The Morgan fingerprint density at radius 2 is 1.30 bits per heavy atom. The fourth-order valence-corrected chi connectivity index (χ4v) is 16.7. The van der Waals surface area contributed by atoms with E-state index in [4.69, 9.17) is 4.21 Å². The number of halogens is 2. The van der Waals surface area contributed by atoms with Gasteiger partial charge in [-0.25, -0.2) is 0 Å². The van der Waals surface area contributed by atoms with Gasteiger partial charge in [-0.3, -0.25) is 0 Å². The first-order chi connectivity index (χ1) is 15.7. The van der Waals surface area contributed by atoms with Crippen molar-refractivity contribution in [3.05, 3.63) is 73.6 Å². The Morgan fingerprint density at radius 3 is 1.78 bits per heavy atom. The molecule has 0 heterocycles. The number of rotatable bonds is 2. The molecule has 0 nitrogen and oxygen atoms in total. The van der Waals surface area contributed by atoms with E-state index >= 15 is 0 Å². The average Bonchev–Trinajstić information content (AvgIpc) is 3.26. The minimum atomic E-state index is -3.77. The first-order valence-corrected chi connectivity index (χ1v) is 22.6. The Labute approximate surface area is 240 Å².